The zero-order valence-corrected chi connectivity index (χ0v) is 11.6. The summed E-state index contributed by atoms with van der Waals surface area (Å²) < 4.78 is 13.6. The average Bonchev–Trinajstić information content (AvgIpc) is 3.01. The van der Waals surface area contributed by atoms with Crippen molar-refractivity contribution >= 4 is 11.7 Å². The van der Waals surface area contributed by atoms with E-state index in [0.717, 1.165) is 26.1 Å². The second-order valence-corrected chi connectivity index (χ2v) is 5.62. The number of nitrogens with one attached hydrogen (secondary N) is 2. The summed E-state index contributed by atoms with van der Waals surface area (Å²) in [5.41, 5.74) is 0.252. The third kappa shape index (κ3) is 2.26. The minimum Gasteiger partial charge on any atom is -0.321 e. The lowest BCUT2D eigenvalue weighted by molar-refractivity contribution is 0.196. The summed E-state index contributed by atoms with van der Waals surface area (Å²) in [6, 6.07) is 6.35. The first kappa shape index (κ1) is 13.4. The van der Waals surface area contributed by atoms with E-state index in [1.165, 1.54) is 6.07 Å². The van der Waals surface area contributed by atoms with Gasteiger partial charge in [-0.25, -0.2) is 9.18 Å². The van der Waals surface area contributed by atoms with Gasteiger partial charge in [0.25, 0.3) is 0 Å². The normalized spacial score (nSPS) is 28.5. The van der Waals surface area contributed by atoms with Crippen LogP contribution >= 0.6 is 0 Å². The number of rotatable bonds is 2. The topological polar surface area (TPSA) is 44.4 Å². The summed E-state index contributed by atoms with van der Waals surface area (Å²) in [4.78, 5) is 14.3. The molecule has 0 aliphatic carbocycles. The van der Waals surface area contributed by atoms with E-state index in [1.807, 2.05) is 4.90 Å². The monoisotopic (exact) mass is 277 g/mol. The van der Waals surface area contributed by atoms with Gasteiger partial charge in [0, 0.05) is 25.7 Å². The van der Waals surface area contributed by atoms with E-state index in [-0.39, 0.29) is 17.8 Å². The van der Waals surface area contributed by atoms with Crippen molar-refractivity contribution in [3.8, 4) is 0 Å². The van der Waals surface area contributed by atoms with Crippen LogP contribution in [-0.4, -0.2) is 36.6 Å². The predicted molar refractivity (Wildman–Crippen MR) is 76.1 cm³/mol. The molecule has 4 nitrogen and oxygen atoms in total. The highest BCUT2D eigenvalue weighted by atomic mass is 19.1. The Morgan fingerprint density at radius 3 is 3.00 bits per heavy atom. The van der Waals surface area contributed by atoms with Gasteiger partial charge < -0.3 is 15.5 Å². The number of fused-ring (bicyclic) bond motifs is 1. The van der Waals surface area contributed by atoms with E-state index in [0.29, 0.717) is 11.8 Å². The number of nitrogens with zero attached hydrogens (tertiary/aromatic N) is 1. The van der Waals surface area contributed by atoms with Crippen molar-refractivity contribution in [2.75, 3.05) is 25.0 Å². The van der Waals surface area contributed by atoms with Gasteiger partial charge in [0.1, 0.15) is 5.82 Å². The first-order valence-corrected chi connectivity index (χ1v) is 7.23. The fourth-order valence-electron chi connectivity index (χ4n) is 3.53. The highest BCUT2D eigenvalue weighted by molar-refractivity contribution is 5.90. The van der Waals surface area contributed by atoms with Crippen LogP contribution in [0.2, 0.25) is 0 Å². The van der Waals surface area contributed by atoms with Crippen LogP contribution in [0.1, 0.15) is 13.3 Å². The molecule has 3 atom stereocenters. The molecule has 0 bridgehead atoms. The molecule has 0 aromatic heterocycles. The second-order valence-electron chi connectivity index (χ2n) is 5.62. The molecule has 20 heavy (non-hydrogen) atoms. The molecule has 1 aromatic rings. The van der Waals surface area contributed by atoms with Crippen molar-refractivity contribution in [1.29, 1.82) is 0 Å². The Hall–Kier alpha value is -1.62. The number of hydrogen-bond donors (Lipinski definition) is 2. The highest BCUT2D eigenvalue weighted by Crippen LogP contribution is 2.34. The molecule has 1 aromatic carbocycles. The van der Waals surface area contributed by atoms with Gasteiger partial charge in [-0.1, -0.05) is 19.1 Å². The number of anilines is 1. The van der Waals surface area contributed by atoms with Gasteiger partial charge in [-0.05, 0) is 30.4 Å². The summed E-state index contributed by atoms with van der Waals surface area (Å²) in [7, 11) is 0. The first-order chi connectivity index (χ1) is 9.70. The van der Waals surface area contributed by atoms with Crippen LogP contribution in [0, 0.1) is 17.7 Å². The Morgan fingerprint density at radius 2 is 2.25 bits per heavy atom. The maximum atomic E-state index is 13.6. The lowest BCUT2D eigenvalue weighted by atomic mass is 9.93. The number of hydrogen-bond acceptors (Lipinski definition) is 2. The summed E-state index contributed by atoms with van der Waals surface area (Å²) in [5.74, 6) is 0.674. The molecule has 2 aliphatic heterocycles. The zero-order chi connectivity index (χ0) is 14.1. The first-order valence-electron chi connectivity index (χ1n) is 7.23. The summed E-state index contributed by atoms with van der Waals surface area (Å²) in [6.07, 6.45) is 0.938. The number of carbonyl (C=O) groups excluding carboxylic acids is 1. The molecular formula is C15H20FN3O. The standard InChI is InChI=1S/C15H20FN3O/c1-2-14-11-8-17-7-10(11)9-19(14)15(20)18-13-6-4-3-5-12(13)16/h3-6,10-11,14,17H,2,7-9H2,1H3,(H,18,20). The zero-order valence-electron chi connectivity index (χ0n) is 11.6. The van der Waals surface area contributed by atoms with Crippen molar-refractivity contribution in [3.05, 3.63) is 30.1 Å². The lowest BCUT2D eigenvalue weighted by Gasteiger charge is -2.27. The molecule has 0 radical (unpaired) electrons. The fraction of sp³-hybridized carbons (Fsp3) is 0.533. The summed E-state index contributed by atoms with van der Waals surface area (Å²) in [5, 5.41) is 6.09. The molecular weight excluding hydrogens is 257 g/mol. The average molecular weight is 277 g/mol. The number of urea groups is 1. The number of likely N-dealkylation sites (tertiary alicyclic amines) is 1. The van der Waals surface area contributed by atoms with Gasteiger partial charge in [0.2, 0.25) is 0 Å². The maximum Gasteiger partial charge on any atom is 0.322 e. The van der Waals surface area contributed by atoms with Gasteiger partial charge in [0.05, 0.1) is 5.69 Å². The number of amides is 2. The van der Waals surface area contributed by atoms with Crippen molar-refractivity contribution in [2.24, 2.45) is 11.8 Å². The number of para-hydroxylation sites is 1. The number of carbonyl (C=O) groups is 1. The maximum absolute atomic E-state index is 13.6. The third-order valence-electron chi connectivity index (χ3n) is 4.51. The van der Waals surface area contributed by atoms with E-state index >= 15 is 0 Å². The Bertz CT molecular complexity index is 508. The predicted octanol–water partition coefficient (Wildman–Crippen LogP) is 2.29. The van der Waals surface area contributed by atoms with Crippen LogP contribution in [0.15, 0.2) is 24.3 Å². The number of benzene rings is 1. The van der Waals surface area contributed by atoms with Crippen molar-refractivity contribution in [1.82, 2.24) is 10.2 Å². The summed E-state index contributed by atoms with van der Waals surface area (Å²) >= 11 is 0. The van der Waals surface area contributed by atoms with Crippen molar-refractivity contribution < 1.29 is 9.18 Å². The molecule has 5 heteroatoms. The largest absolute Gasteiger partial charge is 0.322 e. The van der Waals surface area contributed by atoms with Crippen LogP contribution in [-0.2, 0) is 0 Å². The quantitative estimate of drug-likeness (QED) is 0.871. The van der Waals surface area contributed by atoms with Gasteiger partial charge >= 0.3 is 6.03 Å². The third-order valence-corrected chi connectivity index (χ3v) is 4.51. The molecule has 3 rings (SSSR count). The fourth-order valence-corrected chi connectivity index (χ4v) is 3.53. The van der Waals surface area contributed by atoms with Crippen molar-refractivity contribution in [3.63, 3.8) is 0 Å². The molecule has 2 N–H and O–H groups in total. The molecule has 3 unspecified atom stereocenters. The molecule has 0 saturated carbocycles. The Kier molecular flexibility index (Phi) is 3.61. The van der Waals surface area contributed by atoms with Crippen LogP contribution < -0.4 is 10.6 Å². The molecule has 2 saturated heterocycles. The van der Waals surface area contributed by atoms with E-state index in [9.17, 15) is 9.18 Å². The lowest BCUT2D eigenvalue weighted by Crippen LogP contribution is -2.42. The van der Waals surface area contributed by atoms with E-state index in [2.05, 4.69) is 17.6 Å². The van der Waals surface area contributed by atoms with Crippen molar-refractivity contribution in [2.45, 2.75) is 19.4 Å². The minimum absolute atomic E-state index is 0.184. The molecule has 2 heterocycles. The van der Waals surface area contributed by atoms with Crippen LogP contribution in [0.3, 0.4) is 0 Å². The number of halogens is 1. The molecule has 2 aliphatic rings. The molecule has 2 fully saturated rings. The van der Waals surface area contributed by atoms with E-state index < -0.39 is 5.82 Å². The van der Waals surface area contributed by atoms with E-state index in [4.69, 9.17) is 0 Å². The van der Waals surface area contributed by atoms with Gasteiger partial charge in [-0.2, -0.15) is 0 Å². The second kappa shape index (κ2) is 5.40. The molecule has 0 spiro atoms. The Labute approximate surface area is 118 Å². The van der Waals surface area contributed by atoms with Crippen LogP contribution in [0.5, 0.6) is 0 Å². The van der Waals surface area contributed by atoms with Gasteiger partial charge in [-0.15, -0.1) is 0 Å². The molecule has 108 valence electrons. The van der Waals surface area contributed by atoms with E-state index in [1.54, 1.807) is 18.2 Å². The van der Waals surface area contributed by atoms with Crippen LogP contribution in [0.4, 0.5) is 14.9 Å². The van der Waals surface area contributed by atoms with Gasteiger partial charge in [0.15, 0.2) is 0 Å². The van der Waals surface area contributed by atoms with Crippen LogP contribution in [0.25, 0.3) is 0 Å². The Morgan fingerprint density at radius 1 is 1.45 bits per heavy atom. The Balaban J connectivity index is 1.73. The highest BCUT2D eigenvalue weighted by Gasteiger charge is 2.45. The SMILES string of the molecule is CCC1C2CNCC2CN1C(=O)Nc1ccccc1F. The summed E-state index contributed by atoms with van der Waals surface area (Å²) in [6.45, 7) is 4.82. The minimum atomic E-state index is -0.394. The van der Waals surface area contributed by atoms with Gasteiger partial charge in [-0.3, -0.25) is 0 Å². The smallest absolute Gasteiger partial charge is 0.321 e. The molecule has 2 amide bonds.